The van der Waals surface area contributed by atoms with Crippen LogP contribution in [0.2, 0.25) is 0 Å². The smallest absolute Gasteiger partial charge is 0.241 e. The fourth-order valence-electron chi connectivity index (χ4n) is 4.28. The van der Waals surface area contributed by atoms with Crippen LogP contribution in [-0.4, -0.2) is 74.2 Å². The van der Waals surface area contributed by atoms with Crippen LogP contribution in [0.3, 0.4) is 0 Å². The second-order valence-electron chi connectivity index (χ2n) is 7.49. The minimum Gasteiger partial charge on any atom is -0.377 e. The Bertz CT molecular complexity index is 592. The molecule has 0 radical (unpaired) electrons. The molecule has 1 atom stereocenters. The van der Waals surface area contributed by atoms with Gasteiger partial charge in [0.25, 0.3) is 0 Å². The number of para-hydroxylation sites is 1. The summed E-state index contributed by atoms with van der Waals surface area (Å²) in [7, 11) is 0. The number of aryl methyl sites for hydroxylation is 1. The Morgan fingerprint density at radius 3 is 2.64 bits per heavy atom. The highest BCUT2D eigenvalue weighted by atomic mass is 16.5. The van der Waals surface area contributed by atoms with Crippen molar-refractivity contribution in [3.63, 3.8) is 0 Å². The van der Waals surface area contributed by atoms with Crippen LogP contribution >= 0.6 is 0 Å². The van der Waals surface area contributed by atoms with E-state index >= 15 is 0 Å². The fraction of sp³-hybridized carbons (Fsp3) is 0.650. The number of benzene rings is 1. The lowest BCUT2D eigenvalue weighted by molar-refractivity contribution is -0.120. The van der Waals surface area contributed by atoms with Gasteiger partial charge in [0.15, 0.2) is 0 Å². The Morgan fingerprint density at radius 1 is 1.04 bits per heavy atom. The topological polar surface area (TPSA) is 36.0 Å². The van der Waals surface area contributed by atoms with Crippen LogP contribution in [-0.2, 0) is 16.0 Å². The van der Waals surface area contributed by atoms with E-state index in [0.717, 1.165) is 64.4 Å². The van der Waals surface area contributed by atoms with Crippen LogP contribution in [0.5, 0.6) is 0 Å². The van der Waals surface area contributed by atoms with E-state index in [-0.39, 0.29) is 5.91 Å². The van der Waals surface area contributed by atoms with E-state index in [0.29, 0.717) is 12.6 Å². The summed E-state index contributed by atoms with van der Waals surface area (Å²) in [6, 6.07) is 8.35. The van der Waals surface area contributed by atoms with E-state index in [9.17, 15) is 4.79 Å². The molecule has 136 valence electrons. The molecule has 25 heavy (non-hydrogen) atoms. The van der Waals surface area contributed by atoms with Crippen molar-refractivity contribution in [2.75, 3.05) is 57.3 Å². The maximum absolute atomic E-state index is 12.8. The molecule has 0 N–H and O–H groups in total. The number of anilines is 1. The van der Waals surface area contributed by atoms with Crippen molar-refractivity contribution in [1.29, 1.82) is 0 Å². The zero-order valence-corrected chi connectivity index (χ0v) is 15.0. The molecule has 0 aliphatic carbocycles. The molecular formula is C20H29N3O2. The largest absolute Gasteiger partial charge is 0.377 e. The first kappa shape index (κ1) is 17.0. The van der Waals surface area contributed by atoms with Crippen LogP contribution in [0.1, 0.15) is 24.8 Å². The summed E-state index contributed by atoms with van der Waals surface area (Å²) in [6.45, 7) is 7.43. The fourth-order valence-corrected chi connectivity index (χ4v) is 4.28. The molecule has 0 bridgehead atoms. The van der Waals surface area contributed by atoms with Crippen LogP contribution in [0.25, 0.3) is 0 Å². The molecule has 1 amide bonds. The highest BCUT2D eigenvalue weighted by molar-refractivity contribution is 5.95. The monoisotopic (exact) mass is 343 g/mol. The van der Waals surface area contributed by atoms with Gasteiger partial charge in [0.1, 0.15) is 0 Å². The Kier molecular flexibility index (Phi) is 5.34. The van der Waals surface area contributed by atoms with Crippen molar-refractivity contribution in [3.05, 3.63) is 29.8 Å². The highest BCUT2D eigenvalue weighted by Crippen LogP contribution is 2.26. The minimum absolute atomic E-state index is 0.250. The summed E-state index contributed by atoms with van der Waals surface area (Å²) in [5, 5.41) is 0. The quantitative estimate of drug-likeness (QED) is 0.835. The summed E-state index contributed by atoms with van der Waals surface area (Å²) in [5.74, 6) is 0.250. The molecule has 3 aliphatic heterocycles. The lowest BCUT2D eigenvalue weighted by Gasteiger charge is -2.37. The number of piperazine rings is 1. The molecule has 1 unspecified atom stereocenters. The predicted molar refractivity (Wildman–Crippen MR) is 99.0 cm³/mol. The molecule has 0 saturated carbocycles. The second-order valence-corrected chi connectivity index (χ2v) is 7.49. The molecule has 4 rings (SSSR count). The molecule has 0 spiro atoms. The van der Waals surface area contributed by atoms with Gasteiger partial charge in [-0.2, -0.15) is 0 Å². The third-order valence-corrected chi connectivity index (χ3v) is 5.72. The molecule has 1 aromatic rings. The van der Waals surface area contributed by atoms with Gasteiger partial charge in [-0.1, -0.05) is 18.2 Å². The summed E-state index contributed by atoms with van der Waals surface area (Å²) in [4.78, 5) is 19.6. The molecule has 0 aromatic heterocycles. The Balaban J connectivity index is 1.28. The molecule has 3 aliphatic rings. The number of carbonyl (C=O) groups excluding carboxylic acids is 1. The van der Waals surface area contributed by atoms with Gasteiger partial charge in [0, 0.05) is 51.6 Å². The van der Waals surface area contributed by atoms with Gasteiger partial charge >= 0.3 is 0 Å². The van der Waals surface area contributed by atoms with Gasteiger partial charge in [-0.3, -0.25) is 14.6 Å². The van der Waals surface area contributed by atoms with Crippen LogP contribution in [0, 0.1) is 0 Å². The van der Waals surface area contributed by atoms with Crippen LogP contribution < -0.4 is 4.90 Å². The van der Waals surface area contributed by atoms with Crippen molar-refractivity contribution in [1.82, 2.24) is 9.80 Å². The maximum Gasteiger partial charge on any atom is 0.241 e. The van der Waals surface area contributed by atoms with Gasteiger partial charge < -0.3 is 9.64 Å². The van der Waals surface area contributed by atoms with Crippen molar-refractivity contribution in [3.8, 4) is 0 Å². The van der Waals surface area contributed by atoms with E-state index in [4.69, 9.17) is 4.74 Å². The Labute approximate surface area is 150 Å². The number of hydrogen-bond acceptors (Lipinski definition) is 4. The highest BCUT2D eigenvalue weighted by Gasteiger charge is 2.27. The van der Waals surface area contributed by atoms with Crippen LogP contribution in [0.4, 0.5) is 5.69 Å². The molecule has 3 heterocycles. The minimum atomic E-state index is 0.250. The standard InChI is InChI=1S/C20H29N3O2/c24-20(23-9-3-6-17-5-1-2-8-19(17)23)16-22-12-10-21(11-13-22)15-18-7-4-14-25-18/h1-2,5,8,18H,3-4,6-7,9-16H2. The second kappa shape index (κ2) is 7.85. The average Bonchev–Trinajstić information content (AvgIpc) is 3.16. The number of rotatable bonds is 4. The molecule has 2 fully saturated rings. The average molecular weight is 343 g/mol. The SMILES string of the molecule is O=C(CN1CCN(CC2CCCO2)CC1)N1CCCc2ccccc21. The first-order valence-corrected chi connectivity index (χ1v) is 9.74. The van der Waals surface area contributed by atoms with Gasteiger partial charge in [0.2, 0.25) is 5.91 Å². The number of fused-ring (bicyclic) bond motifs is 1. The number of carbonyl (C=O) groups is 1. The number of ether oxygens (including phenoxy) is 1. The van der Waals surface area contributed by atoms with Gasteiger partial charge in [-0.15, -0.1) is 0 Å². The summed E-state index contributed by atoms with van der Waals surface area (Å²) in [5.41, 5.74) is 2.43. The normalized spacial score (nSPS) is 25.1. The lowest BCUT2D eigenvalue weighted by Crippen LogP contribution is -2.51. The summed E-state index contributed by atoms with van der Waals surface area (Å²) >= 11 is 0. The van der Waals surface area contributed by atoms with E-state index < -0.39 is 0 Å². The molecule has 1 aromatic carbocycles. The van der Waals surface area contributed by atoms with Crippen molar-refractivity contribution in [2.45, 2.75) is 31.8 Å². The van der Waals surface area contributed by atoms with E-state index in [2.05, 4.69) is 28.0 Å². The van der Waals surface area contributed by atoms with Gasteiger partial charge in [0.05, 0.1) is 12.6 Å². The Morgan fingerprint density at radius 2 is 1.84 bits per heavy atom. The zero-order chi connectivity index (χ0) is 17.1. The first-order chi connectivity index (χ1) is 12.3. The maximum atomic E-state index is 12.8. The van der Waals surface area contributed by atoms with E-state index in [1.54, 1.807) is 0 Å². The van der Waals surface area contributed by atoms with E-state index in [1.165, 1.54) is 18.4 Å². The van der Waals surface area contributed by atoms with E-state index in [1.807, 2.05) is 11.0 Å². The predicted octanol–water partition coefficient (Wildman–Crippen LogP) is 1.76. The number of nitrogens with zero attached hydrogens (tertiary/aromatic N) is 3. The molecular weight excluding hydrogens is 314 g/mol. The number of hydrogen-bond donors (Lipinski definition) is 0. The molecule has 5 nitrogen and oxygen atoms in total. The third kappa shape index (κ3) is 4.05. The van der Waals surface area contributed by atoms with Crippen LogP contribution in [0.15, 0.2) is 24.3 Å². The summed E-state index contributed by atoms with van der Waals surface area (Å²) in [6.07, 6.45) is 4.99. The summed E-state index contributed by atoms with van der Waals surface area (Å²) < 4.78 is 5.74. The number of amides is 1. The Hall–Kier alpha value is -1.43. The zero-order valence-electron chi connectivity index (χ0n) is 15.0. The van der Waals surface area contributed by atoms with Crippen molar-refractivity contribution >= 4 is 11.6 Å². The first-order valence-electron chi connectivity index (χ1n) is 9.74. The van der Waals surface area contributed by atoms with Crippen molar-refractivity contribution < 1.29 is 9.53 Å². The third-order valence-electron chi connectivity index (χ3n) is 5.72. The van der Waals surface area contributed by atoms with Gasteiger partial charge in [-0.05, 0) is 37.3 Å². The van der Waals surface area contributed by atoms with Gasteiger partial charge in [-0.25, -0.2) is 0 Å². The molecule has 5 heteroatoms. The lowest BCUT2D eigenvalue weighted by atomic mass is 10.0. The van der Waals surface area contributed by atoms with Crippen molar-refractivity contribution in [2.24, 2.45) is 0 Å². The molecule has 2 saturated heterocycles.